The van der Waals surface area contributed by atoms with Gasteiger partial charge in [-0.2, -0.15) is 0 Å². The number of hydrogen-bond acceptors (Lipinski definition) is 2. The first-order valence-corrected chi connectivity index (χ1v) is 9.62. The van der Waals surface area contributed by atoms with E-state index in [0.717, 1.165) is 5.75 Å². The molecule has 98 valence electrons. The number of carboxylic acids is 1. The summed E-state index contributed by atoms with van der Waals surface area (Å²) in [5, 5.41) is 9.00. The summed E-state index contributed by atoms with van der Waals surface area (Å²) in [6.07, 6.45) is 10.5. The smallest absolute Gasteiger partial charge is 0.315 e. The molecule has 0 aliphatic rings. The van der Waals surface area contributed by atoms with E-state index < -0.39 is 20.5 Å². The van der Waals surface area contributed by atoms with Gasteiger partial charge in [-0.3, -0.25) is 14.0 Å². The second-order valence-electron chi connectivity index (χ2n) is 6.65. The molecule has 0 aliphatic heterocycles. The molecule has 0 rings (SSSR count). The lowest BCUT2D eigenvalue weighted by Gasteiger charge is -2.46. The van der Waals surface area contributed by atoms with E-state index in [1.165, 1.54) is 6.08 Å². The van der Waals surface area contributed by atoms with Crippen molar-refractivity contribution in [1.29, 1.82) is 0 Å². The third kappa shape index (κ3) is 6.18. The van der Waals surface area contributed by atoms with Gasteiger partial charge in [-0.25, -0.2) is 0 Å². The zero-order valence-corrected chi connectivity index (χ0v) is 12.0. The normalized spacial score (nSPS) is 18.2. The van der Waals surface area contributed by atoms with E-state index in [1.807, 2.05) is 0 Å². The molecule has 0 aromatic carbocycles. The highest BCUT2D eigenvalue weighted by molar-refractivity contribution is 8.47. The van der Waals surface area contributed by atoms with E-state index in [4.69, 9.17) is 9.84 Å². The molecule has 1 atom stereocenters. The molecule has 1 N–H and O–H groups in total. The Balaban J connectivity index is 4.09. The number of thiol groups is 1. The van der Waals surface area contributed by atoms with Crippen LogP contribution in [-0.4, -0.2) is 55.1 Å². The van der Waals surface area contributed by atoms with Crippen LogP contribution in [0, 0.1) is 5.41 Å². The van der Waals surface area contributed by atoms with Gasteiger partial charge in [0.2, 0.25) is 0 Å². The molecule has 3 nitrogen and oxygen atoms in total. The topological polar surface area (TPSA) is 46.5 Å². The highest BCUT2D eigenvalue weighted by Crippen LogP contribution is 2.54. The second-order valence-corrected chi connectivity index (χ2v) is 15.0. The summed E-state index contributed by atoms with van der Waals surface area (Å²) in [4.78, 5) is 11.0. The minimum absolute atomic E-state index is 0.193. The summed E-state index contributed by atoms with van der Waals surface area (Å²) in [5.74, 6) is 0.124. The molecular weight excluding hydrogens is 224 g/mol. The number of rotatable bonds is 7. The van der Waals surface area contributed by atoms with Crippen molar-refractivity contribution < 1.29 is 14.6 Å². The standard InChI is InChI=1S/C12H26O3S/c1-7-12(2,11(13)14)10-15-8-9-16(3,4,5)6/h7,16H,1,8-10H2,2-6H3,(H,13,14)/t12-/m1/s1. The second kappa shape index (κ2) is 4.80. The van der Waals surface area contributed by atoms with E-state index in [-0.39, 0.29) is 6.61 Å². The molecular formula is C12H26O3S. The average molecular weight is 250 g/mol. The summed E-state index contributed by atoms with van der Waals surface area (Å²) >= 11 is 0. The lowest BCUT2D eigenvalue weighted by Crippen LogP contribution is -2.31. The molecule has 4 heteroatoms. The molecule has 0 heterocycles. The van der Waals surface area contributed by atoms with Gasteiger partial charge in [0.05, 0.1) is 13.2 Å². The van der Waals surface area contributed by atoms with Gasteiger partial charge in [0.15, 0.2) is 0 Å². The molecule has 0 bridgehead atoms. The highest BCUT2D eigenvalue weighted by atomic mass is 32.3. The average Bonchev–Trinajstić information content (AvgIpc) is 2.09. The maximum atomic E-state index is 11.0. The van der Waals surface area contributed by atoms with Crippen molar-refractivity contribution in [3.8, 4) is 0 Å². The molecule has 0 saturated heterocycles. The lowest BCUT2D eigenvalue weighted by atomic mass is 9.92. The highest BCUT2D eigenvalue weighted by Gasteiger charge is 2.30. The summed E-state index contributed by atoms with van der Waals surface area (Å²) in [6, 6.07) is 0. The number of carbonyl (C=O) groups is 1. The van der Waals surface area contributed by atoms with Crippen LogP contribution in [0.1, 0.15) is 6.92 Å². The monoisotopic (exact) mass is 250 g/mol. The quantitative estimate of drug-likeness (QED) is 0.412. The Morgan fingerprint density at radius 3 is 2.25 bits per heavy atom. The van der Waals surface area contributed by atoms with Crippen LogP contribution in [0.5, 0.6) is 0 Å². The Hall–Kier alpha value is -0.480. The van der Waals surface area contributed by atoms with Gasteiger partial charge < -0.3 is 9.84 Å². The Morgan fingerprint density at radius 2 is 1.94 bits per heavy atom. The third-order valence-corrected chi connectivity index (χ3v) is 4.44. The predicted octanol–water partition coefficient (Wildman–Crippen LogP) is 1.87. The number of hydrogen-bond donors (Lipinski definition) is 2. The summed E-state index contributed by atoms with van der Waals surface area (Å²) in [5.41, 5.74) is -0.973. The fourth-order valence-corrected chi connectivity index (χ4v) is 1.78. The van der Waals surface area contributed by atoms with Crippen molar-refractivity contribution in [2.45, 2.75) is 6.92 Å². The number of aliphatic carboxylic acids is 1. The Bertz CT molecular complexity index is 268. The maximum absolute atomic E-state index is 11.0. The van der Waals surface area contributed by atoms with Crippen LogP contribution in [0.15, 0.2) is 12.7 Å². The molecule has 0 saturated carbocycles. The van der Waals surface area contributed by atoms with Crippen LogP contribution in [0.4, 0.5) is 0 Å². The zero-order valence-electron chi connectivity index (χ0n) is 11.1. The molecule has 16 heavy (non-hydrogen) atoms. The molecule has 0 aliphatic carbocycles. The van der Waals surface area contributed by atoms with Crippen LogP contribution < -0.4 is 0 Å². The lowest BCUT2D eigenvalue weighted by molar-refractivity contribution is -0.147. The third-order valence-electron chi connectivity index (χ3n) is 2.47. The van der Waals surface area contributed by atoms with Crippen molar-refractivity contribution in [2.75, 3.05) is 44.0 Å². The van der Waals surface area contributed by atoms with E-state index in [9.17, 15) is 4.79 Å². The van der Waals surface area contributed by atoms with Gasteiger partial charge in [-0.1, -0.05) is 6.08 Å². The summed E-state index contributed by atoms with van der Waals surface area (Å²) < 4.78 is 5.47. The fourth-order valence-electron chi connectivity index (χ4n) is 0.922. The minimum Gasteiger partial charge on any atom is -0.481 e. The summed E-state index contributed by atoms with van der Waals surface area (Å²) in [7, 11) is -1.55. The van der Waals surface area contributed by atoms with Gasteiger partial charge in [-0.15, -0.1) is 6.58 Å². The maximum Gasteiger partial charge on any atom is 0.315 e. The van der Waals surface area contributed by atoms with Crippen LogP contribution in [0.2, 0.25) is 0 Å². The SMILES string of the molecule is C=C[C@](C)(COCC[SH](C)(C)(C)C)C(=O)O. The van der Waals surface area contributed by atoms with E-state index in [1.54, 1.807) is 6.92 Å². The number of ether oxygens (including phenoxy) is 1. The van der Waals surface area contributed by atoms with Crippen LogP contribution in [0.3, 0.4) is 0 Å². The Morgan fingerprint density at radius 1 is 1.44 bits per heavy atom. The van der Waals surface area contributed by atoms with Crippen molar-refractivity contribution in [3.63, 3.8) is 0 Å². The molecule has 0 amide bonds. The first-order chi connectivity index (χ1) is 6.96. The van der Waals surface area contributed by atoms with Crippen molar-refractivity contribution in [1.82, 2.24) is 0 Å². The first kappa shape index (κ1) is 15.5. The summed E-state index contributed by atoms with van der Waals surface area (Å²) in [6.45, 7) is 5.98. The van der Waals surface area contributed by atoms with Crippen molar-refractivity contribution >= 4 is 15.1 Å². The van der Waals surface area contributed by atoms with Crippen LogP contribution >= 0.6 is 9.16 Å². The van der Waals surface area contributed by atoms with E-state index in [0.29, 0.717) is 6.61 Å². The van der Waals surface area contributed by atoms with Crippen LogP contribution in [0.25, 0.3) is 0 Å². The Labute approximate surface area is 99.2 Å². The van der Waals surface area contributed by atoms with Gasteiger partial charge >= 0.3 is 5.97 Å². The van der Waals surface area contributed by atoms with Gasteiger partial charge in [-0.05, 0) is 37.7 Å². The van der Waals surface area contributed by atoms with E-state index >= 15 is 0 Å². The Kier molecular flexibility index (Phi) is 4.65. The first-order valence-electron chi connectivity index (χ1n) is 5.41. The van der Waals surface area contributed by atoms with Gasteiger partial charge in [0, 0.05) is 0 Å². The van der Waals surface area contributed by atoms with E-state index in [2.05, 4.69) is 31.6 Å². The molecule has 0 fully saturated rings. The fraction of sp³-hybridized carbons (Fsp3) is 0.750. The van der Waals surface area contributed by atoms with Crippen molar-refractivity contribution in [3.05, 3.63) is 12.7 Å². The molecule has 0 radical (unpaired) electrons. The molecule has 0 unspecified atom stereocenters. The van der Waals surface area contributed by atoms with Gasteiger partial charge in [0.1, 0.15) is 5.41 Å². The zero-order chi connectivity index (χ0) is 13.1. The van der Waals surface area contributed by atoms with Crippen LogP contribution in [-0.2, 0) is 9.53 Å². The predicted molar refractivity (Wildman–Crippen MR) is 74.3 cm³/mol. The van der Waals surface area contributed by atoms with Gasteiger partial charge in [0.25, 0.3) is 0 Å². The minimum atomic E-state index is -1.55. The molecule has 0 aromatic rings. The molecule has 0 aromatic heterocycles. The largest absolute Gasteiger partial charge is 0.481 e. The number of carboxylic acid groups (broad SMARTS) is 1. The molecule has 0 spiro atoms. The van der Waals surface area contributed by atoms with Crippen molar-refractivity contribution in [2.24, 2.45) is 5.41 Å².